The average molecular weight is 214 g/mol. The number of furan rings is 1. The number of rotatable bonds is 4. The second kappa shape index (κ2) is 5.02. The van der Waals surface area contributed by atoms with Gasteiger partial charge in [0.1, 0.15) is 5.76 Å². The Labute approximate surface area is 97.1 Å². The summed E-state index contributed by atoms with van der Waals surface area (Å²) in [7, 11) is 0. The van der Waals surface area contributed by atoms with Gasteiger partial charge in [-0.3, -0.25) is 0 Å². The van der Waals surface area contributed by atoms with E-state index in [0.29, 0.717) is 0 Å². The zero-order valence-electron chi connectivity index (χ0n) is 9.99. The van der Waals surface area contributed by atoms with Gasteiger partial charge >= 0.3 is 0 Å². The van der Waals surface area contributed by atoms with Crippen molar-refractivity contribution in [3.05, 3.63) is 59.0 Å². The largest absolute Gasteiger partial charge is 0.469 e. The van der Waals surface area contributed by atoms with Crippen molar-refractivity contribution in [2.75, 3.05) is 0 Å². The predicted molar refractivity (Wildman–Crippen MR) is 66.6 cm³/mol. The lowest BCUT2D eigenvalue weighted by molar-refractivity contribution is 0.502. The van der Waals surface area contributed by atoms with E-state index in [9.17, 15) is 0 Å². The van der Waals surface area contributed by atoms with Crippen LogP contribution in [0.4, 0.5) is 0 Å². The highest BCUT2D eigenvalue weighted by Crippen LogP contribution is 2.14. The Hall–Kier alpha value is -1.50. The van der Waals surface area contributed by atoms with Gasteiger partial charge in [0.15, 0.2) is 0 Å². The van der Waals surface area contributed by atoms with Gasteiger partial charge < -0.3 is 4.42 Å². The highest BCUT2D eigenvalue weighted by molar-refractivity contribution is 5.30. The summed E-state index contributed by atoms with van der Waals surface area (Å²) in [6.07, 6.45) is 5.05. The van der Waals surface area contributed by atoms with Crippen LogP contribution in [0.1, 0.15) is 28.9 Å². The Balaban J connectivity index is 1.90. The SMILES string of the molecule is Cc1ccc(CCCc2ccco2)c(C)c1. The van der Waals surface area contributed by atoms with E-state index in [1.165, 1.54) is 16.7 Å². The molecule has 16 heavy (non-hydrogen) atoms. The first-order valence-electron chi connectivity index (χ1n) is 5.84. The summed E-state index contributed by atoms with van der Waals surface area (Å²) >= 11 is 0. The molecule has 1 nitrogen and oxygen atoms in total. The maximum Gasteiger partial charge on any atom is 0.103 e. The minimum atomic E-state index is 1.03. The Morgan fingerprint density at radius 1 is 1.06 bits per heavy atom. The lowest BCUT2D eigenvalue weighted by atomic mass is 10.0. The molecule has 0 aliphatic carbocycles. The van der Waals surface area contributed by atoms with Crippen LogP contribution in [0.25, 0.3) is 0 Å². The first-order chi connectivity index (χ1) is 7.75. The monoisotopic (exact) mass is 214 g/mol. The summed E-state index contributed by atoms with van der Waals surface area (Å²) in [5.41, 5.74) is 4.20. The molecule has 1 heterocycles. The Kier molecular flexibility index (Phi) is 3.45. The molecule has 0 saturated carbocycles. The highest BCUT2D eigenvalue weighted by Gasteiger charge is 2.00. The molecular weight excluding hydrogens is 196 g/mol. The van der Waals surface area contributed by atoms with Crippen LogP contribution >= 0.6 is 0 Å². The minimum absolute atomic E-state index is 1.03. The van der Waals surface area contributed by atoms with Gasteiger partial charge in [-0.05, 0) is 49.9 Å². The molecule has 0 spiro atoms. The third-order valence-electron chi connectivity index (χ3n) is 2.95. The molecule has 0 radical (unpaired) electrons. The number of aryl methyl sites for hydroxylation is 4. The Morgan fingerprint density at radius 2 is 1.94 bits per heavy atom. The third kappa shape index (κ3) is 2.75. The predicted octanol–water partition coefficient (Wildman–Crippen LogP) is 4.07. The quantitative estimate of drug-likeness (QED) is 0.747. The van der Waals surface area contributed by atoms with Gasteiger partial charge in [-0.25, -0.2) is 0 Å². The van der Waals surface area contributed by atoms with Crippen LogP contribution in [-0.2, 0) is 12.8 Å². The molecule has 0 bridgehead atoms. The van der Waals surface area contributed by atoms with Crippen molar-refractivity contribution in [1.82, 2.24) is 0 Å². The summed E-state index contributed by atoms with van der Waals surface area (Å²) in [5.74, 6) is 1.09. The minimum Gasteiger partial charge on any atom is -0.469 e. The average Bonchev–Trinajstić information content (AvgIpc) is 2.74. The Bertz CT molecular complexity index is 440. The molecule has 84 valence electrons. The molecule has 0 unspecified atom stereocenters. The van der Waals surface area contributed by atoms with Crippen molar-refractivity contribution < 1.29 is 4.42 Å². The van der Waals surface area contributed by atoms with E-state index in [2.05, 4.69) is 32.0 Å². The van der Waals surface area contributed by atoms with E-state index in [-0.39, 0.29) is 0 Å². The molecule has 1 aromatic carbocycles. The van der Waals surface area contributed by atoms with Crippen molar-refractivity contribution in [1.29, 1.82) is 0 Å². The molecule has 0 atom stereocenters. The van der Waals surface area contributed by atoms with Gasteiger partial charge in [0, 0.05) is 6.42 Å². The van der Waals surface area contributed by atoms with E-state index in [0.717, 1.165) is 25.0 Å². The first-order valence-corrected chi connectivity index (χ1v) is 5.84. The standard InChI is InChI=1S/C15H18O/c1-12-8-9-14(13(2)11-12)5-3-6-15-7-4-10-16-15/h4,7-11H,3,5-6H2,1-2H3. The fraction of sp³-hybridized carbons (Fsp3) is 0.333. The molecule has 2 rings (SSSR count). The topological polar surface area (TPSA) is 13.1 Å². The van der Waals surface area contributed by atoms with Crippen LogP contribution in [0.3, 0.4) is 0 Å². The number of hydrogen-bond acceptors (Lipinski definition) is 1. The van der Waals surface area contributed by atoms with Crippen molar-refractivity contribution in [3.8, 4) is 0 Å². The molecule has 2 aromatic rings. The number of benzene rings is 1. The maximum atomic E-state index is 5.32. The molecule has 0 amide bonds. The second-order valence-corrected chi connectivity index (χ2v) is 4.36. The molecular formula is C15H18O. The zero-order chi connectivity index (χ0) is 11.4. The Morgan fingerprint density at radius 3 is 2.62 bits per heavy atom. The first kappa shape index (κ1) is 11.0. The van der Waals surface area contributed by atoms with Crippen LogP contribution < -0.4 is 0 Å². The van der Waals surface area contributed by atoms with Crippen molar-refractivity contribution in [3.63, 3.8) is 0 Å². The summed E-state index contributed by atoms with van der Waals surface area (Å²) in [4.78, 5) is 0. The van der Waals surface area contributed by atoms with Gasteiger partial charge in [0.25, 0.3) is 0 Å². The van der Waals surface area contributed by atoms with Crippen LogP contribution in [0.5, 0.6) is 0 Å². The highest BCUT2D eigenvalue weighted by atomic mass is 16.3. The summed E-state index contributed by atoms with van der Waals surface area (Å²) in [6.45, 7) is 4.33. The van der Waals surface area contributed by atoms with E-state index in [4.69, 9.17) is 4.42 Å². The van der Waals surface area contributed by atoms with E-state index < -0.39 is 0 Å². The summed E-state index contributed by atoms with van der Waals surface area (Å²) in [6, 6.07) is 10.7. The lowest BCUT2D eigenvalue weighted by Crippen LogP contribution is -1.92. The fourth-order valence-electron chi connectivity index (χ4n) is 2.03. The van der Waals surface area contributed by atoms with Crippen LogP contribution in [-0.4, -0.2) is 0 Å². The van der Waals surface area contributed by atoms with Gasteiger partial charge in [-0.15, -0.1) is 0 Å². The van der Waals surface area contributed by atoms with E-state index >= 15 is 0 Å². The van der Waals surface area contributed by atoms with Crippen molar-refractivity contribution in [2.45, 2.75) is 33.1 Å². The second-order valence-electron chi connectivity index (χ2n) is 4.36. The molecule has 0 saturated heterocycles. The van der Waals surface area contributed by atoms with Crippen molar-refractivity contribution in [2.24, 2.45) is 0 Å². The molecule has 1 heteroatoms. The zero-order valence-corrected chi connectivity index (χ0v) is 9.99. The van der Waals surface area contributed by atoms with Crippen molar-refractivity contribution >= 4 is 0 Å². The molecule has 0 aliphatic rings. The van der Waals surface area contributed by atoms with Crippen LogP contribution in [0, 0.1) is 13.8 Å². The van der Waals surface area contributed by atoms with E-state index in [1.54, 1.807) is 6.26 Å². The molecule has 0 fully saturated rings. The van der Waals surface area contributed by atoms with Crippen LogP contribution in [0.2, 0.25) is 0 Å². The fourth-order valence-corrected chi connectivity index (χ4v) is 2.03. The normalized spacial score (nSPS) is 10.6. The van der Waals surface area contributed by atoms with Gasteiger partial charge in [0.2, 0.25) is 0 Å². The molecule has 0 aliphatic heterocycles. The lowest BCUT2D eigenvalue weighted by Gasteiger charge is -2.06. The smallest absolute Gasteiger partial charge is 0.103 e. The third-order valence-corrected chi connectivity index (χ3v) is 2.95. The summed E-state index contributed by atoms with van der Waals surface area (Å²) in [5, 5.41) is 0. The van der Waals surface area contributed by atoms with E-state index in [1.807, 2.05) is 12.1 Å². The number of hydrogen-bond donors (Lipinski definition) is 0. The maximum absolute atomic E-state index is 5.32. The van der Waals surface area contributed by atoms with Crippen LogP contribution in [0.15, 0.2) is 41.0 Å². The summed E-state index contributed by atoms with van der Waals surface area (Å²) < 4.78 is 5.32. The van der Waals surface area contributed by atoms with Gasteiger partial charge in [0.05, 0.1) is 6.26 Å². The molecule has 1 aromatic heterocycles. The van der Waals surface area contributed by atoms with Gasteiger partial charge in [-0.2, -0.15) is 0 Å². The van der Waals surface area contributed by atoms with Gasteiger partial charge in [-0.1, -0.05) is 23.8 Å². The molecule has 0 N–H and O–H groups in total.